The molecule has 0 spiro atoms. The predicted molar refractivity (Wildman–Crippen MR) is 81.4 cm³/mol. The Morgan fingerprint density at radius 1 is 0.810 bits per heavy atom. The van der Waals surface area contributed by atoms with Gasteiger partial charge < -0.3 is 14.8 Å². The summed E-state index contributed by atoms with van der Waals surface area (Å²) < 4.78 is 23.8. The Morgan fingerprint density at radius 2 is 1.29 bits per heavy atom. The molecule has 0 unspecified atom stereocenters. The van der Waals surface area contributed by atoms with Crippen molar-refractivity contribution in [3.63, 3.8) is 0 Å². The largest absolute Gasteiger partial charge is 0.492 e. The first kappa shape index (κ1) is 15.3. The zero-order valence-corrected chi connectivity index (χ0v) is 12.1. The van der Waals surface area contributed by atoms with Gasteiger partial charge in [-0.15, -0.1) is 0 Å². The van der Waals surface area contributed by atoms with E-state index in [4.69, 9.17) is 9.47 Å². The van der Waals surface area contributed by atoms with Gasteiger partial charge >= 0.3 is 0 Å². The van der Waals surface area contributed by atoms with E-state index in [1.54, 1.807) is 12.1 Å². The number of halogens is 1. The predicted octanol–water partition coefficient (Wildman–Crippen LogP) is 3.18. The molecule has 2 rings (SSSR count). The average Bonchev–Trinajstić information content (AvgIpc) is 2.50. The van der Waals surface area contributed by atoms with E-state index < -0.39 is 0 Å². The van der Waals surface area contributed by atoms with Crippen molar-refractivity contribution in [3.05, 3.63) is 59.9 Å². The minimum absolute atomic E-state index is 0.256. The van der Waals surface area contributed by atoms with Crippen LogP contribution in [0.5, 0.6) is 11.5 Å². The van der Waals surface area contributed by atoms with Crippen molar-refractivity contribution in [2.75, 3.05) is 26.3 Å². The molecular weight excluding hydrogens is 269 g/mol. The maximum atomic E-state index is 12.7. The van der Waals surface area contributed by atoms with Crippen LogP contribution in [0.2, 0.25) is 0 Å². The van der Waals surface area contributed by atoms with Gasteiger partial charge in [0.25, 0.3) is 0 Å². The molecule has 0 aliphatic carbocycles. The summed E-state index contributed by atoms with van der Waals surface area (Å²) in [6.45, 7) is 4.66. The lowest BCUT2D eigenvalue weighted by atomic mass is 10.2. The highest BCUT2D eigenvalue weighted by Gasteiger charge is 1.95. The molecule has 0 fully saturated rings. The molecule has 3 nitrogen and oxygen atoms in total. The molecule has 2 aromatic carbocycles. The van der Waals surface area contributed by atoms with Crippen LogP contribution in [0.1, 0.15) is 5.56 Å². The maximum absolute atomic E-state index is 12.7. The number of nitrogens with one attached hydrogen (secondary N) is 1. The summed E-state index contributed by atoms with van der Waals surface area (Å²) in [5, 5.41) is 3.22. The van der Waals surface area contributed by atoms with Crippen LogP contribution >= 0.6 is 0 Å². The van der Waals surface area contributed by atoms with Gasteiger partial charge in [-0.3, -0.25) is 0 Å². The molecule has 21 heavy (non-hydrogen) atoms. The second kappa shape index (κ2) is 8.27. The third-order valence-electron chi connectivity index (χ3n) is 2.93. The third kappa shape index (κ3) is 5.83. The summed E-state index contributed by atoms with van der Waals surface area (Å²) in [4.78, 5) is 0. The molecule has 0 aliphatic heterocycles. The zero-order chi connectivity index (χ0) is 14.9. The molecule has 0 bridgehead atoms. The molecule has 0 aliphatic rings. The molecule has 112 valence electrons. The monoisotopic (exact) mass is 289 g/mol. The topological polar surface area (TPSA) is 30.5 Å². The van der Waals surface area contributed by atoms with Crippen LogP contribution in [0, 0.1) is 12.7 Å². The lowest BCUT2D eigenvalue weighted by Crippen LogP contribution is -2.25. The Labute approximate surface area is 124 Å². The second-order valence-electron chi connectivity index (χ2n) is 4.71. The van der Waals surface area contributed by atoms with Crippen molar-refractivity contribution < 1.29 is 13.9 Å². The van der Waals surface area contributed by atoms with Gasteiger partial charge in [-0.2, -0.15) is 0 Å². The molecular formula is C17H20FNO2. The summed E-state index contributed by atoms with van der Waals surface area (Å²) in [6, 6.07) is 14.0. The Hall–Kier alpha value is -2.07. The fourth-order valence-electron chi connectivity index (χ4n) is 1.77. The van der Waals surface area contributed by atoms with Crippen molar-refractivity contribution in [2.24, 2.45) is 0 Å². The SMILES string of the molecule is Cc1ccc(OCCNCCOc2ccc(F)cc2)cc1. The molecule has 2 aromatic rings. The fraction of sp³-hybridized carbons (Fsp3) is 0.294. The van der Waals surface area contributed by atoms with E-state index in [1.165, 1.54) is 17.7 Å². The van der Waals surface area contributed by atoms with Crippen LogP contribution in [0.15, 0.2) is 48.5 Å². The van der Waals surface area contributed by atoms with E-state index in [2.05, 4.69) is 5.32 Å². The summed E-state index contributed by atoms with van der Waals surface area (Å²) in [5.41, 5.74) is 1.22. The van der Waals surface area contributed by atoms with E-state index in [1.807, 2.05) is 31.2 Å². The van der Waals surface area contributed by atoms with Gasteiger partial charge in [0, 0.05) is 13.1 Å². The highest BCUT2D eigenvalue weighted by Crippen LogP contribution is 2.11. The van der Waals surface area contributed by atoms with Gasteiger partial charge in [0.1, 0.15) is 30.5 Å². The van der Waals surface area contributed by atoms with Gasteiger partial charge in [-0.05, 0) is 43.3 Å². The minimum Gasteiger partial charge on any atom is -0.492 e. The van der Waals surface area contributed by atoms with E-state index in [0.717, 1.165) is 12.3 Å². The van der Waals surface area contributed by atoms with Crippen LogP contribution in [0.4, 0.5) is 4.39 Å². The normalized spacial score (nSPS) is 10.4. The highest BCUT2D eigenvalue weighted by atomic mass is 19.1. The smallest absolute Gasteiger partial charge is 0.123 e. The van der Waals surface area contributed by atoms with Gasteiger partial charge in [-0.25, -0.2) is 4.39 Å². The van der Waals surface area contributed by atoms with E-state index in [-0.39, 0.29) is 5.82 Å². The summed E-state index contributed by atoms with van der Waals surface area (Å²) >= 11 is 0. The summed E-state index contributed by atoms with van der Waals surface area (Å²) in [6.07, 6.45) is 0. The molecule has 0 aromatic heterocycles. The van der Waals surface area contributed by atoms with Crippen LogP contribution in [0.25, 0.3) is 0 Å². The standard InChI is InChI=1S/C17H20FNO2/c1-14-2-6-16(7-3-14)20-12-10-19-11-13-21-17-8-4-15(18)5-9-17/h2-9,19H,10-13H2,1H3. The molecule has 0 amide bonds. The molecule has 0 radical (unpaired) electrons. The first-order valence-corrected chi connectivity index (χ1v) is 7.02. The number of aryl methyl sites for hydroxylation is 1. The second-order valence-corrected chi connectivity index (χ2v) is 4.71. The van der Waals surface area contributed by atoms with Crippen LogP contribution in [-0.2, 0) is 0 Å². The Kier molecular flexibility index (Phi) is 6.03. The third-order valence-corrected chi connectivity index (χ3v) is 2.93. The molecule has 4 heteroatoms. The molecule has 0 saturated carbocycles. The summed E-state index contributed by atoms with van der Waals surface area (Å²) in [5.74, 6) is 1.30. The van der Waals surface area contributed by atoms with Crippen molar-refractivity contribution in [1.82, 2.24) is 5.32 Å². The van der Waals surface area contributed by atoms with Crippen molar-refractivity contribution in [2.45, 2.75) is 6.92 Å². The first-order chi connectivity index (χ1) is 10.2. The van der Waals surface area contributed by atoms with Crippen molar-refractivity contribution >= 4 is 0 Å². The van der Waals surface area contributed by atoms with Crippen LogP contribution in [-0.4, -0.2) is 26.3 Å². The quantitative estimate of drug-likeness (QED) is 0.757. The fourth-order valence-corrected chi connectivity index (χ4v) is 1.77. The lowest BCUT2D eigenvalue weighted by molar-refractivity contribution is 0.289. The summed E-state index contributed by atoms with van der Waals surface area (Å²) in [7, 11) is 0. The zero-order valence-electron chi connectivity index (χ0n) is 12.1. The molecule has 0 atom stereocenters. The number of hydrogen-bond donors (Lipinski definition) is 1. The van der Waals surface area contributed by atoms with Gasteiger partial charge in [0.2, 0.25) is 0 Å². The highest BCUT2D eigenvalue weighted by molar-refractivity contribution is 5.26. The van der Waals surface area contributed by atoms with Crippen LogP contribution < -0.4 is 14.8 Å². The number of rotatable bonds is 8. The van der Waals surface area contributed by atoms with Crippen molar-refractivity contribution in [3.8, 4) is 11.5 Å². The van der Waals surface area contributed by atoms with Gasteiger partial charge in [-0.1, -0.05) is 17.7 Å². The average molecular weight is 289 g/mol. The van der Waals surface area contributed by atoms with Gasteiger partial charge in [0.15, 0.2) is 0 Å². The van der Waals surface area contributed by atoms with Crippen LogP contribution in [0.3, 0.4) is 0 Å². The Balaban J connectivity index is 1.52. The molecule has 0 saturated heterocycles. The number of ether oxygens (including phenoxy) is 2. The van der Waals surface area contributed by atoms with E-state index >= 15 is 0 Å². The van der Waals surface area contributed by atoms with E-state index in [9.17, 15) is 4.39 Å². The molecule has 0 heterocycles. The molecule has 1 N–H and O–H groups in total. The minimum atomic E-state index is -0.256. The lowest BCUT2D eigenvalue weighted by Gasteiger charge is -2.09. The first-order valence-electron chi connectivity index (χ1n) is 7.02. The Bertz CT molecular complexity index is 476. The number of hydrogen-bond acceptors (Lipinski definition) is 3. The van der Waals surface area contributed by atoms with Gasteiger partial charge in [0.05, 0.1) is 0 Å². The number of benzene rings is 2. The van der Waals surface area contributed by atoms with E-state index in [0.29, 0.717) is 25.5 Å². The maximum Gasteiger partial charge on any atom is 0.123 e. The van der Waals surface area contributed by atoms with Crippen molar-refractivity contribution in [1.29, 1.82) is 0 Å². The Morgan fingerprint density at radius 3 is 1.81 bits per heavy atom.